The van der Waals surface area contributed by atoms with Crippen molar-refractivity contribution in [1.29, 1.82) is 0 Å². The number of carbonyl (C=O) groups is 1. The van der Waals surface area contributed by atoms with Crippen LogP contribution in [0.1, 0.15) is 52.4 Å². The number of rotatable bonds is 6. The van der Waals surface area contributed by atoms with Gasteiger partial charge in [-0.05, 0) is 25.2 Å². The predicted molar refractivity (Wildman–Crippen MR) is 62.5 cm³/mol. The summed E-state index contributed by atoms with van der Waals surface area (Å²) < 4.78 is 0. The van der Waals surface area contributed by atoms with E-state index in [1.54, 1.807) is 0 Å². The summed E-state index contributed by atoms with van der Waals surface area (Å²) in [6, 6.07) is 0. The molecule has 0 bridgehead atoms. The van der Waals surface area contributed by atoms with Gasteiger partial charge in [-0.15, -0.1) is 0 Å². The number of carbonyl (C=O) groups excluding carboxylic acids is 1. The minimum absolute atomic E-state index is 0.0202. The van der Waals surface area contributed by atoms with Crippen LogP contribution in [0.2, 0.25) is 0 Å². The van der Waals surface area contributed by atoms with E-state index in [4.69, 9.17) is 5.73 Å². The van der Waals surface area contributed by atoms with Gasteiger partial charge in [0.25, 0.3) is 0 Å². The van der Waals surface area contributed by atoms with Gasteiger partial charge in [0.1, 0.15) is 0 Å². The van der Waals surface area contributed by atoms with Crippen molar-refractivity contribution in [2.75, 3.05) is 6.54 Å². The first-order valence-electron chi connectivity index (χ1n) is 6.19. The second kappa shape index (κ2) is 5.50. The van der Waals surface area contributed by atoms with E-state index in [0.717, 1.165) is 18.9 Å². The molecule has 15 heavy (non-hydrogen) atoms. The highest BCUT2D eigenvalue weighted by Gasteiger charge is 2.29. The SMILES string of the molecule is CCC(N)(CC)C(=O)NCCC1CCC1. The molecule has 1 rings (SSSR count). The molecule has 1 fully saturated rings. The van der Waals surface area contributed by atoms with E-state index in [9.17, 15) is 4.79 Å². The van der Waals surface area contributed by atoms with Crippen molar-refractivity contribution >= 4 is 5.91 Å². The molecule has 0 aromatic carbocycles. The molecule has 0 heterocycles. The molecular formula is C12H24N2O. The van der Waals surface area contributed by atoms with Crippen molar-refractivity contribution < 1.29 is 4.79 Å². The van der Waals surface area contributed by atoms with Crippen molar-refractivity contribution in [1.82, 2.24) is 5.32 Å². The molecule has 3 heteroatoms. The lowest BCUT2D eigenvalue weighted by Gasteiger charge is -2.28. The largest absolute Gasteiger partial charge is 0.354 e. The highest BCUT2D eigenvalue weighted by molar-refractivity contribution is 5.85. The summed E-state index contributed by atoms with van der Waals surface area (Å²) in [5.74, 6) is 0.868. The van der Waals surface area contributed by atoms with Crippen LogP contribution < -0.4 is 11.1 Å². The minimum atomic E-state index is -0.653. The summed E-state index contributed by atoms with van der Waals surface area (Å²) in [5, 5.41) is 2.96. The fraction of sp³-hybridized carbons (Fsp3) is 0.917. The normalized spacial score (nSPS) is 17.3. The van der Waals surface area contributed by atoms with E-state index in [-0.39, 0.29) is 5.91 Å². The van der Waals surface area contributed by atoms with Crippen LogP contribution in [-0.4, -0.2) is 18.0 Å². The van der Waals surface area contributed by atoms with Crippen LogP contribution in [0.5, 0.6) is 0 Å². The van der Waals surface area contributed by atoms with Crippen molar-refractivity contribution in [3.8, 4) is 0 Å². The molecule has 0 radical (unpaired) electrons. The van der Waals surface area contributed by atoms with Gasteiger partial charge in [-0.2, -0.15) is 0 Å². The van der Waals surface area contributed by atoms with Crippen molar-refractivity contribution in [2.45, 2.75) is 57.9 Å². The Morgan fingerprint density at radius 1 is 1.40 bits per heavy atom. The summed E-state index contributed by atoms with van der Waals surface area (Å²) in [5.41, 5.74) is 5.34. The molecule has 1 aliphatic rings. The van der Waals surface area contributed by atoms with Gasteiger partial charge in [0.2, 0.25) is 5.91 Å². The van der Waals surface area contributed by atoms with Gasteiger partial charge in [0, 0.05) is 6.54 Å². The predicted octanol–water partition coefficient (Wildman–Crippen LogP) is 1.81. The van der Waals surface area contributed by atoms with Crippen molar-refractivity contribution in [2.24, 2.45) is 11.7 Å². The topological polar surface area (TPSA) is 55.1 Å². The fourth-order valence-corrected chi connectivity index (χ4v) is 1.92. The molecule has 0 unspecified atom stereocenters. The van der Waals surface area contributed by atoms with Gasteiger partial charge < -0.3 is 11.1 Å². The van der Waals surface area contributed by atoms with Crippen molar-refractivity contribution in [3.05, 3.63) is 0 Å². The molecule has 88 valence electrons. The Kier molecular flexibility index (Phi) is 4.58. The van der Waals surface area contributed by atoms with Crippen LogP contribution >= 0.6 is 0 Å². The van der Waals surface area contributed by atoms with Crippen LogP contribution in [0.15, 0.2) is 0 Å². The van der Waals surface area contributed by atoms with E-state index in [0.29, 0.717) is 12.8 Å². The first kappa shape index (κ1) is 12.5. The number of amides is 1. The Balaban J connectivity index is 2.21. The van der Waals surface area contributed by atoms with Crippen molar-refractivity contribution in [3.63, 3.8) is 0 Å². The van der Waals surface area contributed by atoms with Gasteiger partial charge >= 0.3 is 0 Å². The zero-order valence-electron chi connectivity index (χ0n) is 10.0. The maximum atomic E-state index is 11.8. The van der Waals surface area contributed by atoms with E-state index in [2.05, 4.69) is 5.32 Å². The Hall–Kier alpha value is -0.570. The molecule has 0 atom stereocenters. The molecule has 0 aliphatic heterocycles. The maximum Gasteiger partial charge on any atom is 0.240 e. The monoisotopic (exact) mass is 212 g/mol. The molecule has 0 saturated heterocycles. The first-order chi connectivity index (χ1) is 7.12. The molecule has 0 aromatic rings. The van der Waals surface area contributed by atoms with Gasteiger partial charge in [-0.1, -0.05) is 33.1 Å². The Bertz CT molecular complexity index is 208. The summed E-state index contributed by atoms with van der Waals surface area (Å²) >= 11 is 0. The van der Waals surface area contributed by atoms with Gasteiger partial charge in [-0.25, -0.2) is 0 Å². The lowest BCUT2D eigenvalue weighted by atomic mass is 9.83. The summed E-state index contributed by atoms with van der Waals surface area (Å²) in [6.45, 7) is 4.73. The zero-order chi connectivity index (χ0) is 11.3. The Labute approximate surface area is 92.8 Å². The van der Waals surface area contributed by atoms with Crippen LogP contribution in [0.4, 0.5) is 0 Å². The van der Waals surface area contributed by atoms with Gasteiger partial charge in [-0.3, -0.25) is 4.79 Å². The third-order valence-corrected chi connectivity index (χ3v) is 3.78. The third-order valence-electron chi connectivity index (χ3n) is 3.78. The summed E-state index contributed by atoms with van der Waals surface area (Å²) in [6.07, 6.45) is 6.58. The zero-order valence-corrected chi connectivity index (χ0v) is 10.0. The molecule has 1 amide bonds. The molecule has 1 aliphatic carbocycles. The fourth-order valence-electron chi connectivity index (χ4n) is 1.92. The average Bonchev–Trinajstić information content (AvgIpc) is 2.20. The number of nitrogens with one attached hydrogen (secondary N) is 1. The second-order valence-electron chi connectivity index (χ2n) is 4.70. The lowest BCUT2D eigenvalue weighted by Crippen LogP contribution is -2.53. The highest BCUT2D eigenvalue weighted by atomic mass is 16.2. The van der Waals surface area contributed by atoms with E-state index in [1.807, 2.05) is 13.8 Å². The number of nitrogens with two attached hydrogens (primary N) is 1. The lowest BCUT2D eigenvalue weighted by molar-refractivity contribution is -0.126. The second-order valence-corrected chi connectivity index (χ2v) is 4.70. The maximum absolute atomic E-state index is 11.8. The van der Waals surface area contributed by atoms with E-state index >= 15 is 0 Å². The Morgan fingerprint density at radius 2 is 2.00 bits per heavy atom. The van der Waals surface area contributed by atoms with Crippen LogP contribution in [0.3, 0.4) is 0 Å². The summed E-state index contributed by atoms with van der Waals surface area (Å²) in [7, 11) is 0. The Morgan fingerprint density at radius 3 is 2.40 bits per heavy atom. The summed E-state index contributed by atoms with van der Waals surface area (Å²) in [4.78, 5) is 11.8. The van der Waals surface area contributed by atoms with Crippen LogP contribution in [0, 0.1) is 5.92 Å². The molecule has 0 spiro atoms. The van der Waals surface area contributed by atoms with E-state index < -0.39 is 5.54 Å². The average molecular weight is 212 g/mol. The molecule has 3 N–H and O–H groups in total. The van der Waals surface area contributed by atoms with Crippen LogP contribution in [0.25, 0.3) is 0 Å². The highest BCUT2D eigenvalue weighted by Crippen LogP contribution is 2.28. The van der Waals surface area contributed by atoms with Gasteiger partial charge in [0.15, 0.2) is 0 Å². The first-order valence-corrected chi connectivity index (χ1v) is 6.19. The van der Waals surface area contributed by atoms with Crippen LogP contribution in [-0.2, 0) is 4.79 Å². The quantitative estimate of drug-likeness (QED) is 0.705. The third kappa shape index (κ3) is 3.20. The minimum Gasteiger partial charge on any atom is -0.354 e. The molecule has 1 saturated carbocycles. The molecular weight excluding hydrogens is 188 g/mol. The standard InChI is InChI=1S/C12H24N2O/c1-3-12(13,4-2)11(15)14-9-8-10-6-5-7-10/h10H,3-9,13H2,1-2H3,(H,14,15). The smallest absolute Gasteiger partial charge is 0.240 e. The van der Waals surface area contributed by atoms with Gasteiger partial charge in [0.05, 0.1) is 5.54 Å². The number of hydrogen-bond acceptors (Lipinski definition) is 2. The van der Waals surface area contributed by atoms with E-state index in [1.165, 1.54) is 19.3 Å². The molecule has 0 aromatic heterocycles. The number of hydrogen-bond donors (Lipinski definition) is 2. The molecule has 3 nitrogen and oxygen atoms in total.